The van der Waals surface area contributed by atoms with Crippen molar-refractivity contribution in [1.29, 1.82) is 0 Å². The van der Waals surface area contributed by atoms with Gasteiger partial charge in [-0.25, -0.2) is 9.97 Å². The van der Waals surface area contributed by atoms with Crippen LogP contribution in [-0.4, -0.2) is 83.6 Å². The summed E-state index contributed by atoms with van der Waals surface area (Å²) in [4.78, 5) is 36.6. The summed E-state index contributed by atoms with van der Waals surface area (Å²) in [6.07, 6.45) is 9.29. The molecule has 1 atom stereocenters. The third kappa shape index (κ3) is 5.26. The first-order valence-corrected chi connectivity index (χ1v) is 10.3. The highest BCUT2D eigenvalue weighted by atomic mass is 16.5. The first-order chi connectivity index (χ1) is 13.7. The van der Waals surface area contributed by atoms with E-state index < -0.39 is 0 Å². The van der Waals surface area contributed by atoms with Crippen molar-refractivity contribution in [1.82, 2.24) is 25.1 Å². The SMILES string of the molecule is O=C(NC[C@@H]1CN(CC2CCN(CC3CC3)CC2)C(=O)CO1)c1cncnc1. The first kappa shape index (κ1) is 19.3. The number of aromatic nitrogens is 2. The lowest BCUT2D eigenvalue weighted by Gasteiger charge is -2.38. The highest BCUT2D eigenvalue weighted by Crippen LogP contribution is 2.31. The zero-order valence-electron chi connectivity index (χ0n) is 16.3. The molecule has 8 nitrogen and oxygen atoms in total. The van der Waals surface area contributed by atoms with Crippen molar-refractivity contribution in [2.75, 3.05) is 45.9 Å². The van der Waals surface area contributed by atoms with Gasteiger partial charge in [0.1, 0.15) is 12.9 Å². The number of nitrogens with one attached hydrogen (secondary N) is 1. The van der Waals surface area contributed by atoms with Gasteiger partial charge in [-0.3, -0.25) is 9.59 Å². The number of rotatable bonds is 7. The van der Waals surface area contributed by atoms with Crippen LogP contribution in [0.5, 0.6) is 0 Å². The van der Waals surface area contributed by atoms with Gasteiger partial charge in [-0.15, -0.1) is 0 Å². The lowest BCUT2D eigenvalue weighted by atomic mass is 9.95. The minimum atomic E-state index is -0.226. The van der Waals surface area contributed by atoms with E-state index in [0.29, 0.717) is 24.6 Å². The van der Waals surface area contributed by atoms with Crippen molar-refractivity contribution >= 4 is 11.8 Å². The van der Waals surface area contributed by atoms with Gasteiger partial charge >= 0.3 is 0 Å². The Hall–Kier alpha value is -2.06. The summed E-state index contributed by atoms with van der Waals surface area (Å²) in [5.41, 5.74) is 0.421. The van der Waals surface area contributed by atoms with Gasteiger partial charge in [0.25, 0.3) is 5.91 Å². The van der Waals surface area contributed by atoms with Crippen LogP contribution in [0.4, 0.5) is 0 Å². The Bertz CT molecular complexity index is 674. The van der Waals surface area contributed by atoms with Crippen LogP contribution in [-0.2, 0) is 9.53 Å². The second-order valence-corrected chi connectivity index (χ2v) is 8.26. The van der Waals surface area contributed by atoms with Crippen molar-refractivity contribution in [2.24, 2.45) is 11.8 Å². The number of carbonyl (C=O) groups is 2. The molecular weight excluding hydrogens is 358 g/mol. The first-order valence-electron chi connectivity index (χ1n) is 10.3. The van der Waals surface area contributed by atoms with Gasteiger partial charge < -0.3 is 19.9 Å². The molecule has 4 rings (SSSR count). The predicted octanol–water partition coefficient (Wildman–Crippen LogP) is 0.556. The maximum absolute atomic E-state index is 12.3. The molecular formula is C20H29N5O3. The van der Waals surface area contributed by atoms with Gasteiger partial charge in [-0.05, 0) is 50.6 Å². The topological polar surface area (TPSA) is 87.7 Å². The Kier molecular flexibility index (Phi) is 6.17. The van der Waals surface area contributed by atoms with Crippen molar-refractivity contribution in [3.05, 3.63) is 24.3 Å². The van der Waals surface area contributed by atoms with E-state index in [2.05, 4.69) is 20.2 Å². The van der Waals surface area contributed by atoms with Crippen LogP contribution in [0.25, 0.3) is 0 Å². The molecule has 2 amide bonds. The molecule has 1 aromatic rings. The Morgan fingerprint density at radius 3 is 2.54 bits per heavy atom. The van der Waals surface area contributed by atoms with Gasteiger partial charge in [-0.1, -0.05) is 0 Å². The molecule has 1 aromatic heterocycles. The minimum absolute atomic E-state index is 0.0550. The quantitative estimate of drug-likeness (QED) is 0.735. The summed E-state index contributed by atoms with van der Waals surface area (Å²) >= 11 is 0. The molecule has 1 saturated carbocycles. The molecule has 0 unspecified atom stereocenters. The number of nitrogens with zero attached hydrogens (tertiary/aromatic N) is 4. The van der Waals surface area contributed by atoms with Gasteiger partial charge in [0.2, 0.25) is 5.91 Å². The summed E-state index contributed by atoms with van der Waals surface area (Å²) in [7, 11) is 0. The molecule has 8 heteroatoms. The molecule has 2 aliphatic heterocycles. The Morgan fingerprint density at radius 1 is 1.11 bits per heavy atom. The van der Waals surface area contributed by atoms with E-state index in [9.17, 15) is 9.59 Å². The summed E-state index contributed by atoms with van der Waals surface area (Å²) in [6.45, 7) is 5.37. The van der Waals surface area contributed by atoms with Crippen LogP contribution in [0.15, 0.2) is 18.7 Å². The van der Waals surface area contributed by atoms with E-state index in [1.165, 1.54) is 38.1 Å². The van der Waals surface area contributed by atoms with Crippen LogP contribution in [0.1, 0.15) is 36.0 Å². The smallest absolute Gasteiger partial charge is 0.254 e. The number of hydrogen-bond donors (Lipinski definition) is 1. The Morgan fingerprint density at radius 2 is 1.82 bits per heavy atom. The molecule has 28 heavy (non-hydrogen) atoms. The van der Waals surface area contributed by atoms with Crippen molar-refractivity contribution in [2.45, 2.75) is 31.8 Å². The Balaban J connectivity index is 1.21. The fraction of sp³-hybridized carbons (Fsp3) is 0.700. The molecule has 0 aromatic carbocycles. The molecule has 3 fully saturated rings. The standard InChI is InChI=1S/C20H29N5O3/c26-19-13-28-18(9-23-20(27)17-7-21-14-22-8-17)12-25(19)11-16-3-5-24(6-4-16)10-15-1-2-15/h7-8,14-16,18H,1-6,9-13H2,(H,23,27)/t18-/m1/s1. The molecule has 1 N–H and O–H groups in total. The molecule has 0 radical (unpaired) electrons. The number of ether oxygens (including phenoxy) is 1. The van der Waals surface area contributed by atoms with Crippen LogP contribution >= 0.6 is 0 Å². The van der Waals surface area contributed by atoms with E-state index in [0.717, 1.165) is 38.4 Å². The number of piperidine rings is 1. The predicted molar refractivity (Wildman–Crippen MR) is 103 cm³/mol. The summed E-state index contributed by atoms with van der Waals surface area (Å²) in [6, 6.07) is 0. The normalized spacial score (nSPS) is 24.4. The third-order valence-corrected chi connectivity index (χ3v) is 5.93. The summed E-state index contributed by atoms with van der Waals surface area (Å²) in [5, 5.41) is 2.85. The van der Waals surface area contributed by atoms with E-state index in [1.807, 2.05) is 4.90 Å². The number of likely N-dealkylation sites (tertiary alicyclic amines) is 1. The van der Waals surface area contributed by atoms with Gasteiger partial charge in [0, 0.05) is 38.6 Å². The maximum atomic E-state index is 12.3. The monoisotopic (exact) mass is 387 g/mol. The highest BCUT2D eigenvalue weighted by Gasteiger charge is 2.31. The average molecular weight is 387 g/mol. The van der Waals surface area contributed by atoms with Crippen LogP contribution < -0.4 is 5.32 Å². The van der Waals surface area contributed by atoms with Crippen molar-refractivity contribution in [3.8, 4) is 0 Å². The largest absolute Gasteiger partial charge is 0.365 e. The zero-order valence-corrected chi connectivity index (χ0v) is 16.3. The highest BCUT2D eigenvalue weighted by molar-refractivity contribution is 5.93. The fourth-order valence-corrected chi connectivity index (χ4v) is 4.03. The number of amides is 2. The molecule has 2 saturated heterocycles. The fourth-order valence-electron chi connectivity index (χ4n) is 4.03. The van der Waals surface area contributed by atoms with Crippen LogP contribution in [0, 0.1) is 11.8 Å². The van der Waals surface area contributed by atoms with Gasteiger partial charge in [-0.2, -0.15) is 0 Å². The van der Waals surface area contributed by atoms with Gasteiger partial charge in [0.05, 0.1) is 11.7 Å². The maximum Gasteiger partial charge on any atom is 0.254 e. The second-order valence-electron chi connectivity index (χ2n) is 8.26. The number of hydrogen-bond acceptors (Lipinski definition) is 6. The molecule has 3 heterocycles. The molecule has 1 aliphatic carbocycles. The van der Waals surface area contributed by atoms with Crippen LogP contribution in [0.3, 0.4) is 0 Å². The Labute approximate surface area is 165 Å². The molecule has 0 bridgehead atoms. The zero-order chi connectivity index (χ0) is 19.3. The average Bonchev–Trinajstić information content (AvgIpc) is 3.54. The van der Waals surface area contributed by atoms with E-state index in [-0.39, 0.29) is 24.5 Å². The number of carbonyl (C=O) groups excluding carboxylic acids is 2. The summed E-state index contributed by atoms with van der Waals surface area (Å²) < 4.78 is 5.62. The van der Waals surface area contributed by atoms with E-state index >= 15 is 0 Å². The minimum Gasteiger partial charge on any atom is -0.365 e. The number of morpholine rings is 1. The molecule has 3 aliphatic rings. The second kappa shape index (κ2) is 8.96. The molecule has 0 spiro atoms. The third-order valence-electron chi connectivity index (χ3n) is 5.93. The summed E-state index contributed by atoms with van der Waals surface area (Å²) in [5.74, 6) is 1.33. The van der Waals surface area contributed by atoms with Gasteiger partial charge in [0.15, 0.2) is 0 Å². The lowest BCUT2D eigenvalue weighted by molar-refractivity contribution is -0.149. The molecule has 152 valence electrons. The van der Waals surface area contributed by atoms with E-state index in [1.54, 1.807) is 0 Å². The van der Waals surface area contributed by atoms with E-state index in [4.69, 9.17) is 4.74 Å². The van der Waals surface area contributed by atoms with Crippen molar-refractivity contribution in [3.63, 3.8) is 0 Å². The van der Waals surface area contributed by atoms with Crippen molar-refractivity contribution < 1.29 is 14.3 Å². The van der Waals surface area contributed by atoms with Crippen LogP contribution in [0.2, 0.25) is 0 Å². The lowest BCUT2D eigenvalue weighted by Crippen LogP contribution is -2.52.